The van der Waals surface area contributed by atoms with Gasteiger partial charge in [-0.2, -0.15) is 0 Å². The van der Waals surface area contributed by atoms with Crippen molar-refractivity contribution in [1.82, 2.24) is 10.2 Å². The van der Waals surface area contributed by atoms with Crippen LogP contribution in [0.15, 0.2) is 24.3 Å². The summed E-state index contributed by atoms with van der Waals surface area (Å²) in [6.07, 6.45) is 2.88. The Kier molecular flexibility index (Phi) is 4.45. The second-order valence-corrected chi connectivity index (χ2v) is 7.81. The molecule has 2 fully saturated rings. The van der Waals surface area contributed by atoms with Crippen LogP contribution in [0, 0.1) is 17.7 Å². The largest absolute Gasteiger partial charge is 0.342 e. The normalized spacial score (nSPS) is 30.6. The van der Waals surface area contributed by atoms with E-state index in [9.17, 15) is 9.18 Å². The number of fused-ring (bicyclic) bond motifs is 1. The van der Waals surface area contributed by atoms with E-state index < -0.39 is 0 Å². The van der Waals surface area contributed by atoms with Crippen LogP contribution in [0.25, 0.3) is 0 Å². The van der Waals surface area contributed by atoms with Crippen LogP contribution in [-0.2, 0) is 11.2 Å². The average molecular weight is 318 g/mol. The van der Waals surface area contributed by atoms with Gasteiger partial charge in [-0.05, 0) is 49.8 Å². The Morgan fingerprint density at radius 3 is 2.96 bits per heavy atom. The number of rotatable bonds is 3. The molecule has 1 aromatic carbocycles. The third-order valence-electron chi connectivity index (χ3n) is 5.27. The van der Waals surface area contributed by atoms with E-state index in [1.165, 1.54) is 6.07 Å². The lowest BCUT2D eigenvalue weighted by Gasteiger charge is -2.35. The summed E-state index contributed by atoms with van der Waals surface area (Å²) in [6, 6.07) is 7.36. The molecule has 3 nitrogen and oxygen atoms in total. The lowest BCUT2D eigenvalue weighted by Crippen LogP contribution is -2.49. The van der Waals surface area contributed by atoms with Crippen molar-refractivity contribution in [2.45, 2.75) is 51.6 Å². The Hall–Kier alpha value is -1.42. The van der Waals surface area contributed by atoms with Crippen molar-refractivity contribution in [3.05, 3.63) is 35.6 Å². The molecule has 0 bridgehead atoms. The maximum Gasteiger partial charge on any atom is 0.225 e. The molecule has 0 radical (unpaired) electrons. The number of carbonyl (C=O) groups is 1. The molecule has 1 amide bonds. The molecule has 0 saturated carbocycles. The molecule has 2 aliphatic rings. The minimum atomic E-state index is -0.171. The molecule has 0 aliphatic carbocycles. The number of likely N-dealkylation sites (tertiary alicyclic amines) is 1. The zero-order valence-electron chi connectivity index (χ0n) is 14.3. The molecule has 2 aliphatic heterocycles. The number of hydrogen-bond acceptors (Lipinski definition) is 2. The molecule has 3 atom stereocenters. The summed E-state index contributed by atoms with van der Waals surface area (Å²) in [5.74, 6) is 0.669. The maximum absolute atomic E-state index is 13.4. The van der Waals surface area contributed by atoms with Crippen molar-refractivity contribution in [3.8, 4) is 0 Å². The third-order valence-corrected chi connectivity index (χ3v) is 5.27. The number of benzene rings is 1. The first kappa shape index (κ1) is 16.4. The van der Waals surface area contributed by atoms with Crippen molar-refractivity contribution in [2.24, 2.45) is 11.8 Å². The highest BCUT2D eigenvalue weighted by atomic mass is 19.1. The molecule has 0 spiro atoms. The van der Waals surface area contributed by atoms with Crippen molar-refractivity contribution >= 4 is 5.91 Å². The van der Waals surface area contributed by atoms with E-state index in [0.717, 1.165) is 37.9 Å². The average Bonchev–Trinajstić information content (AvgIpc) is 2.80. The summed E-state index contributed by atoms with van der Waals surface area (Å²) in [5, 5.41) is 3.77. The van der Waals surface area contributed by atoms with Crippen LogP contribution in [0.4, 0.5) is 4.39 Å². The summed E-state index contributed by atoms with van der Waals surface area (Å²) in [5.41, 5.74) is 1.02. The van der Waals surface area contributed by atoms with E-state index in [0.29, 0.717) is 12.0 Å². The van der Waals surface area contributed by atoms with Crippen LogP contribution in [0.2, 0.25) is 0 Å². The van der Waals surface area contributed by atoms with Crippen LogP contribution < -0.4 is 5.32 Å². The van der Waals surface area contributed by atoms with Gasteiger partial charge < -0.3 is 10.2 Å². The molecule has 1 N–H and O–H groups in total. The Morgan fingerprint density at radius 1 is 1.48 bits per heavy atom. The molecule has 1 aromatic rings. The minimum absolute atomic E-state index is 0.0139. The van der Waals surface area contributed by atoms with Crippen LogP contribution >= 0.6 is 0 Å². The first-order valence-electron chi connectivity index (χ1n) is 8.67. The fourth-order valence-corrected chi connectivity index (χ4v) is 4.30. The predicted molar refractivity (Wildman–Crippen MR) is 89.6 cm³/mol. The minimum Gasteiger partial charge on any atom is -0.342 e. The van der Waals surface area contributed by atoms with Gasteiger partial charge in [0.25, 0.3) is 0 Å². The zero-order chi connectivity index (χ0) is 16.6. The van der Waals surface area contributed by atoms with E-state index in [1.54, 1.807) is 12.1 Å². The lowest BCUT2D eigenvalue weighted by molar-refractivity contribution is -0.136. The number of halogens is 1. The Bertz CT molecular complexity index is 588. The summed E-state index contributed by atoms with van der Waals surface area (Å²) in [6.45, 7) is 7.87. The fourth-order valence-electron chi connectivity index (χ4n) is 4.30. The Balaban J connectivity index is 1.66. The second kappa shape index (κ2) is 6.23. The standard InChI is InChI=1S/C19H27FN2O/c1-13(2)18(23)22-8-7-17-15(12-22)11-19(3,21-17)10-14-5-4-6-16(20)9-14/h4-6,9,13,15,17,21H,7-8,10-12H2,1-3H3/t15-,17+,19-/m1/s1. The van der Waals surface area contributed by atoms with Crippen molar-refractivity contribution < 1.29 is 9.18 Å². The quantitative estimate of drug-likeness (QED) is 0.929. The fraction of sp³-hybridized carbons (Fsp3) is 0.632. The molecule has 3 rings (SSSR count). The highest BCUT2D eigenvalue weighted by molar-refractivity contribution is 5.78. The van der Waals surface area contributed by atoms with Gasteiger partial charge in [-0.25, -0.2) is 4.39 Å². The van der Waals surface area contributed by atoms with Gasteiger partial charge in [0, 0.05) is 30.6 Å². The topological polar surface area (TPSA) is 32.3 Å². The molecule has 0 unspecified atom stereocenters. The highest BCUT2D eigenvalue weighted by Gasteiger charge is 2.44. The monoisotopic (exact) mass is 318 g/mol. The molecule has 23 heavy (non-hydrogen) atoms. The number of hydrogen-bond donors (Lipinski definition) is 1. The number of nitrogens with one attached hydrogen (secondary N) is 1. The van der Waals surface area contributed by atoms with Gasteiger partial charge in [-0.15, -0.1) is 0 Å². The van der Waals surface area contributed by atoms with Gasteiger partial charge >= 0.3 is 0 Å². The predicted octanol–water partition coefficient (Wildman–Crippen LogP) is 2.99. The smallest absolute Gasteiger partial charge is 0.225 e. The lowest BCUT2D eigenvalue weighted by atomic mass is 9.85. The van der Waals surface area contributed by atoms with E-state index in [1.807, 2.05) is 24.8 Å². The molecular formula is C19H27FN2O. The summed E-state index contributed by atoms with van der Waals surface area (Å²) < 4.78 is 13.4. The van der Waals surface area contributed by atoms with Gasteiger partial charge in [0.2, 0.25) is 5.91 Å². The maximum atomic E-state index is 13.4. The molecule has 2 saturated heterocycles. The van der Waals surface area contributed by atoms with E-state index >= 15 is 0 Å². The molecule has 2 heterocycles. The van der Waals surface area contributed by atoms with Gasteiger partial charge in [0.15, 0.2) is 0 Å². The van der Waals surface area contributed by atoms with E-state index in [-0.39, 0.29) is 23.2 Å². The summed E-state index contributed by atoms with van der Waals surface area (Å²) >= 11 is 0. The zero-order valence-corrected chi connectivity index (χ0v) is 14.3. The number of piperidine rings is 1. The molecule has 4 heteroatoms. The molecule has 0 aromatic heterocycles. The van der Waals surface area contributed by atoms with Crippen molar-refractivity contribution in [3.63, 3.8) is 0 Å². The second-order valence-electron chi connectivity index (χ2n) is 7.81. The van der Waals surface area contributed by atoms with Gasteiger partial charge in [-0.1, -0.05) is 26.0 Å². The van der Waals surface area contributed by atoms with Gasteiger partial charge in [0.05, 0.1) is 0 Å². The Morgan fingerprint density at radius 2 is 2.26 bits per heavy atom. The molecular weight excluding hydrogens is 291 g/mol. The van der Waals surface area contributed by atoms with E-state index in [4.69, 9.17) is 0 Å². The Labute approximate surface area is 138 Å². The van der Waals surface area contributed by atoms with Crippen molar-refractivity contribution in [2.75, 3.05) is 13.1 Å². The first-order chi connectivity index (χ1) is 10.9. The van der Waals surface area contributed by atoms with Crippen LogP contribution in [0.3, 0.4) is 0 Å². The van der Waals surface area contributed by atoms with Crippen LogP contribution in [0.5, 0.6) is 0 Å². The SMILES string of the molecule is CC(C)C(=O)N1CC[C@@H]2N[C@](C)(Cc3cccc(F)c3)C[C@@H]2C1. The van der Waals surface area contributed by atoms with Gasteiger partial charge in [-0.3, -0.25) is 4.79 Å². The number of nitrogens with zero attached hydrogens (tertiary/aromatic N) is 1. The van der Waals surface area contributed by atoms with Gasteiger partial charge in [0.1, 0.15) is 5.82 Å². The van der Waals surface area contributed by atoms with Crippen molar-refractivity contribution in [1.29, 1.82) is 0 Å². The number of amides is 1. The van der Waals surface area contributed by atoms with E-state index in [2.05, 4.69) is 12.2 Å². The third kappa shape index (κ3) is 3.57. The van der Waals surface area contributed by atoms with Crippen LogP contribution in [0.1, 0.15) is 39.2 Å². The summed E-state index contributed by atoms with van der Waals surface area (Å²) in [7, 11) is 0. The molecule has 126 valence electrons. The van der Waals surface area contributed by atoms with Crippen LogP contribution in [-0.4, -0.2) is 35.5 Å². The first-order valence-corrected chi connectivity index (χ1v) is 8.67. The number of carbonyl (C=O) groups excluding carboxylic acids is 1. The highest BCUT2D eigenvalue weighted by Crippen LogP contribution is 2.36. The summed E-state index contributed by atoms with van der Waals surface area (Å²) in [4.78, 5) is 14.3.